The van der Waals surface area contributed by atoms with Crippen LogP contribution in [-0.2, 0) is 15.6 Å². The highest BCUT2D eigenvalue weighted by Gasteiger charge is 2.47. The SMILES string of the molecule is Cc1cc(C(C)(C)C)c(O)cc1C1(CC(=O)O)CC1. The summed E-state index contributed by atoms with van der Waals surface area (Å²) in [7, 11) is 0. The maximum absolute atomic E-state index is 11.0. The molecule has 0 aromatic heterocycles. The maximum atomic E-state index is 11.0. The Morgan fingerprint density at radius 1 is 1.32 bits per heavy atom. The highest BCUT2D eigenvalue weighted by Crippen LogP contribution is 2.53. The minimum Gasteiger partial charge on any atom is -0.508 e. The van der Waals surface area contributed by atoms with Crippen molar-refractivity contribution in [2.45, 2.75) is 57.8 Å². The summed E-state index contributed by atoms with van der Waals surface area (Å²) in [5, 5.41) is 19.3. The van der Waals surface area contributed by atoms with Crippen LogP contribution in [0.2, 0.25) is 0 Å². The molecule has 0 bridgehead atoms. The molecule has 0 spiro atoms. The van der Waals surface area contributed by atoms with Crippen LogP contribution in [0.15, 0.2) is 12.1 Å². The van der Waals surface area contributed by atoms with E-state index < -0.39 is 5.97 Å². The molecular weight excluding hydrogens is 240 g/mol. The van der Waals surface area contributed by atoms with Crippen LogP contribution in [0.3, 0.4) is 0 Å². The first kappa shape index (κ1) is 13.9. The molecule has 2 rings (SSSR count). The maximum Gasteiger partial charge on any atom is 0.304 e. The number of hydrogen-bond donors (Lipinski definition) is 2. The van der Waals surface area contributed by atoms with E-state index in [-0.39, 0.29) is 23.0 Å². The fourth-order valence-corrected chi connectivity index (χ4v) is 2.85. The molecule has 2 N–H and O–H groups in total. The van der Waals surface area contributed by atoms with Crippen LogP contribution in [0.1, 0.15) is 56.7 Å². The van der Waals surface area contributed by atoms with Gasteiger partial charge < -0.3 is 10.2 Å². The number of aliphatic carboxylic acids is 1. The van der Waals surface area contributed by atoms with Crippen LogP contribution in [0.25, 0.3) is 0 Å². The summed E-state index contributed by atoms with van der Waals surface area (Å²) >= 11 is 0. The van der Waals surface area contributed by atoms with Crippen LogP contribution in [0, 0.1) is 6.92 Å². The zero-order chi connectivity index (χ0) is 14.4. The highest BCUT2D eigenvalue weighted by molar-refractivity contribution is 5.70. The second-order valence-electron chi connectivity index (χ2n) is 6.79. The molecule has 0 atom stereocenters. The van der Waals surface area contributed by atoms with E-state index in [0.717, 1.165) is 29.5 Å². The topological polar surface area (TPSA) is 57.5 Å². The van der Waals surface area contributed by atoms with Gasteiger partial charge in [-0.05, 0) is 47.9 Å². The normalized spacial score (nSPS) is 17.3. The summed E-state index contributed by atoms with van der Waals surface area (Å²) in [6.07, 6.45) is 1.95. The van der Waals surface area contributed by atoms with E-state index in [1.807, 2.05) is 13.0 Å². The highest BCUT2D eigenvalue weighted by atomic mass is 16.4. The Hall–Kier alpha value is -1.51. The number of carbonyl (C=O) groups is 1. The summed E-state index contributed by atoms with van der Waals surface area (Å²) < 4.78 is 0. The molecule has 1 fully saturated rings. The van der Waals surface area contributed by atoms with Gasteiger partial charge in [0.15, 0.2) is 0 Å². The molecule has 0 radical (unpaired) electrons. The van der Waals surface area contributed by atoms with E-state index >= 15 is 0 Å². The molecule has 3 heteroatoms. The van der Waals surface area contributed by atoms with Crippen molar-refractivity contribution in [3.05, 3.63) is 28.8 Å². The molecule has 1 aromatic carbocycles. The fourth-order valence-electron chi connectivity index (χ4n) is 2.85. The lowest BCUT2D eigenvalue weighted by Crippen LogP contribution is -2.17. The number of aryl methyl sites for hydroxylation is 1. The van der Waals surface area contributed by atoms with Crippen LogP contribution >= 0.6 is 0 Å². The zero-order valence-electron chi connectivity index (χ0n) is 12.1. The van der Waals surface area contributed by atoms with Crippen molar-refractivity contribution in [3.8, 4) is 5.75 Å². The first-order valence-corrected chi connectivity index (χ1v) is 6.72. The molecule has 1 saturated carbocycles. The molecule has 0 amide bonds. The van der Waals surface area contributed by atoms with Crippen molar-refractivity contribution < 1.29 is 15.0 Å². The van der Waals surface area contributed by atoms with Crippen molar-refractivity contribution in [2.75, 3.05) is 0 Å². The summed E-state index contributed by atoms with van der Waals surface area (Å²) in [4.78, 5) is 11.0. The lowest BCUT2D eigenvalue weighted by atomic mass is 9.81. The third-order valence-corrected chi connectivity index (χ3v) is 4.07. The van der Waals surface area contributed by atoms with Crippen molar-refractivity contribution in [3.63, 3.8) is 0 Å². The number of rotatable bonds is 3. The van der Waals surface area contributed by atoms with Gasteiger partial charge >= 0.3 is 5.97 Å². The molecule has 0 heterocycles. The van der Waals surface area contributed by atoms with E-state index in [2.05, 4.69) is 20.8 Å². The third-order valence-electron chi connectivity index (χ3n) is 4.07. The minimum absolute atomic E-state index is 0.114. The Bertz CT molecular complexity index is 520. The van der Waals surface area contributed by atoms with Gasteiger partial charge in [-0.3, -0.25) is 4.79 Å². The summed E-state index contributed by atoms with van der Waals surface area (Å²) in [5.41, 5.74) is 2.64. The van der Waals surface area contributed by atoms with Gasteiger partial charge in [0, 0.05) is 5.41 Å². The Morgan fingerprint density at radius 3 is 2.32 bits per heavy atom. The number of benzene rings is 1. The fraction of sp³-hybridized carbons (Fsp3) is 0.562. The van der Waals surface area contributed by atoms with E-state index in [1.165, 1.54) is 0 Å². The van der Waals surface area contributed by atoms with Crippen LogP contribution in [0.4, 0.5) is 0 Å². The molecule has 19 heavy (non-hydrogen) atoms. The quantitative estimate of drug-likeness (QED) is 0.876. The molecule has 0 saturated heterocycles. The number of carboxylic acids is 1. The van der Waals surface area contributed by atoms with Gasteiger partial charge in [-0.2, -0.15) is 0 Å². The van der Waals surface area contributed by atoms with E-state index in [1.54, 1.807) is 6.07 Å². The second kappa shape index (κ2) is 4.26. The van der Waals surface area contributed by atoms with Crippen LogP contribution in [-0.4, -0.2) is 16.2 Å². The summed E-state index contributed by atoms with van der Waals surface area (Å²) in [6, 6.07) is 3.79. The molecule has 1 aliphatic rings. The number of aromatic hydroxyl groups is 1. The first-order chi connectivity index (χ1) is 8.66. The third kappa shape index (κ3) is 2.60. The van der Waals surface area contributed by atoms with Crippen molar-refractivity contribution >= 4 is 5.97 Å². The van der Waals surface area contributed by atoms with Crippen LogP contribution in [0.5, 0.6) is 5.75 Å². The smallest absolute Gasteiger partial charge is 0.304 e. The van der Waals surface area contributed by atoms with E-state index in [4.69, 9.17) is 5.11 Å². The van der Waals surface area contributed by atoms with Crippen molar-refractivity contribution in [1.29, 1.82) is 0 Å². The van der Waals surface area contributed by atoms with Gasteiger partial charge in [-0.15, -0.1) is 0 Å². The van der Waals surface area contributed by atoms with E-state index in [9.17, 15) is 9.90 Å². The number of carboxylic acid groups (broad SMARTS) is 1. The van der Waals surface area contributed by atoms with Gasteiger partial charge in [0.1, 0.15) is 5.75 Å². The Balaban J connectivity index is 2.45. The molecule has 0 unspecified atom stereocenters. The molecule has 1 aliphatic carbocycles. The predicted molar refractivity (Wildman–Crippen MR) is 74.7 cm³/mol. The van der Waals surface area contributed by atoms with Gasteiger partial charge in [-0.1, -0.05) is 26.8 Å². The lowest BCUT2D eigenvalue weighted by molar-refractivity contribution is -0.137. The molecule has 104 valence electrons. The Labute approximate surface area is 114 Å². The Morgan fingerprint density at radius 2 is 1.89 bits per heavy atom. The van der Waals surface area contributed by atoms with Crippen LogP contribution < -0.4 is 0 Å². The number of phenolic OH excluding ortho intramolecular Hbond substituents is 1. The molecule has 1 aromatic rings. The number of hydrogen-bond acceptors (Lipinski definition) is 2. The minimum atomic E-state index is -0.767. The van der Waals surface area contributed by atoms with Gasteiger partial charge in [0.25, 0.3) is 0 Å². The van der Waals surface area contributed by atoms with Crippen molar-refractivity contribution in [2.24, 2.45) is 0 Å². The lowest BCUT2D eigenvalue weighted by Gasteiger charge is -2.24. The average Bonchev–Trinajstić information content (AvgIpc) is 2.99. The van der Waals surface area contributed by atoms with Gasteiger partial charge in [0.2, 0.25) is 0 Å². The molecule has 3 nitrogen and oxygen atoms in total. The zero-order valence-corrected chi connectivity index (χ0v) is 12.1. The summed E-state index contributed by atoms with van der Waals surface area (Å²) in [6.45, 7) is 8.19. The molecule has 0 aliphatic heterocycles. The van der Waals surface area contributed by atoms with Crippen molar-refractivity contribution in [1.82, 2.24) is 0 Å². The average molecular weight is 262 g/mol. The molecular formula is C16H22O3. The first-order valence-electron chi connectivity index (χ1n) is 6.72. The van der Waals surface area contributed by atoms with Gasteiger partial charge in [0.05, 0.1) is 6.42 Å². The largest absolute Gasteiger partial charge is 0.508 e. The second-order valence-corrected chi connectivity index (χ2v) is 6.79. The predicted octanol–water partition coefficient (Wildman–Crippen LogP) is 3.50. The van der Waals surface area contributed by atoms with E-state index in [0.29, 0.717) is 0 Å². The number of phenols is 1. The summed E-state index contributed by atoms with van der Waals surface area (Å²) in [5.74, 6) is -0.485. The Kier molecular flexibility index (Phi) is 3.12. The standard InChI is InChI=1S/C16H22O3/c1-10-7-12(15(2,3)4)13(17)8-11(10)16(5-6-16)9-14(18)19/h7-8,17H,5-6,9H2,1-4H3,(H,18,19). The van der Waals surface area contributed by atoms with Gasteiger partial charge in [-0.25, -0.2) is 0 Å². The monoisotopic (exact) mass is 262 g/mol.